The second-order valence-corrected chi connectivity index (χ2v) is 8.80. The Labute approximate surface area is 210 Å². The zero-order valence-corrected chi connectivity index (χ0v) is 20.3. The number of hydrogen-bond donors (Lipinski definition) is 1. The molecule has 1 heterocycles. The Morgan fingerprint density at radius 3 is 2.29 bits per heavy atom. The number of methoxy groups -OCH3 is 1. The fourth-order valence-corrected chi connectivity index (χ4v) is 4.00. The fourth-order valence-electron chi connectivity index (χ4n) is 3.00. The van der Waals surface area contributed by atoms with Crippen LogP contribution in [-0.2, 0) is 4.79 Å². The standard InChI is InChI=1S/C24H19Cl2N5O2S/c1-33-21-12-4-17(5-13-21)23-29-30-24(31(23)20-10-8-19(26)9-11-20)34-15-22(32)28-27-14-16-2-6-18(25)7-3-16/h2-14H,15H2,1H3,(H,28,32)/b27-14+. The van der Waals surface area contributed by atoms with Gasteiger partial charge in [-0.25, -0.2) is 5.43 Å². The zero-order valence-electron chi connectivity index (χ0n) is 18.0. The van der Waals surface area contributed by atoms with Gasteiger partial charge in [-0.1, -0.05) is 47.1 Å². The summed E-state index contributed by atoms with van der Waals surface area (Å²) in [6.45, 7) is 0. The highest BCUT2D eigenvalue weighted by Gasteiger charge is 2.17. The summed E-state index contributed by atoms with van der Waals surface area (Å²) in [6, 6.07) is 22.0. The third-order valence-corrected chi connectivity index (χ3v) is 6.10. The van der Waals surface area contributed by atoms with E-state index < -0.39 is 0 Å². The highest BCUT2D eigenvalue weighted by molar-refractivity contribution is 7.99. The number of benzene rings is 3. The predicted molar refractivity (Wildman–Crippen MR) is 136 cm³/mol. The maximum absolute atomic E-state index is 12.3. The monoisotopic (exact) mass is 511 g/mol. The summed E-state index contributed by atoms with van der Waals surface area (Å²) in [4.78, 5) is 12.3. The van der Waals surface area contributed by atoms with E-state index in [1.807, 2.05) is 53.1 Å². The maximum Gasteiger partial charge on any atom is 0.250 e. The van der Waals surface area contributed by atoms with Gasteiger partial charge in [0.05, 0.1) is 19.1 Å². The minimum atomic E-state index is -0.271. The van der Waals surface area contributed by atoms with Crippen molar-refractivity contribution >= 4 is 47.1 Å². The van der Waals surface area contributed by atoms with E-state index in [4.69, 9.17) is 27.9 Å². The van der Waals surface area contributed by atoms with Crippen LogP contribution >= 0.6 is 35.0 Å². The minimum Gasteiger partial charge on any atom is -0.497 e. The molecule has 3 aromatic carbocycles. The Hall–Kier alpha value is -3.33. The second-order valence-electron chi connectivity index (χ2n) is 6.98. The number of carbonyl (C=O) groups is 1. The number of amides is 1. The normalized spacial score (nSPS) is 11.0. The van der Waals surface area contributed by atoms with Crippen LogP contribution in [0.15, 0.2) is 83.1 Å². The number of thioether (sulfide) groups is 1. The zero-order chi connectivity index (χ0) is 23.9. The molecule has 4 aromatic rings. The Morgan fingerprint density at radius 2 is 1.65 bits per heavy atom. The number of carbonyl (C=O) groups excluding carboxylic acids is 1. The number of ether oxygens (including phenoxy) is 1. The van der Waals surface area contributed by atoms with Crippen molar-refractivity contribution in [3.05, 3.63) is 88.4 Å². The number of hydrogen-bond acceptors (Lipinski definition) is 6. The van der Waals surface area contributed by atoms with Crippen LogP contribution in [0.3, 0.4) is 0 Å². The van der Waals surface area contributed by atoms with Crippen molar-refractivity contribution in [2.24, 2.45) is 5.10 Å². The Morgan fingerprint density at radius 1 is 1.00 bits per heavy atom. The number of aromatic nitrogens is 3. The molecule has 4 rings (SSSR count). The fraction of sp³-hybridized carbons (Fsp3) is 0.0833. The largest absolute Gasteiger partial charge is 0.497 e. The van der Waals surface area contributed by atoms with Crippen LogP contribution in [-0.4, -0.2) is 39.7 Å². The number of hydrazone groups is 1. The summed E-state index contributed by atoms with van der Waals surface area (Å²) >= 11 is 13.2. The minimum absolute atomic E-state index is 0.103. The van der Waals surface area contributed by atoms with Gasteiger partial charge in [-0.05, 0) is 66.2 Å². The van der Waals surface area contributed by atoms with E-state index in [1.165, 1.54) is 11.8 Å². The highest BCUT2D eigenvalue weighted by Crippen LogP contribution is 2.29. The van der Waals surface area contributed by atoms with Crippen LogP contribution in [0.5, 0.6) is 5.75 Å². The van der Waals surface area contributed by atoms with Gasteiger partial charge in [0.15, 0.2) is 11.0 Å². The first-order chi connectivity index (χ1) is 16.5. The Bertz CT molecular complexity index is 1290. The molecule has 0 atom stereocenters. The van der Waals surface area contributed by atoms with Crippen molar-refractivity contribution in [1.82, 2.24) is 20.2 Å². The Kier molecular flexibility index (Phi) is 7.84. The molecule has 1 aromatic heterocycles. The van der Waals surface area contributed by atoms with Gasteiger partial charge in [-0.15, -0.1) is 10.2 Å². The lowest BCUT2D eigenvalue weighted by molar-refractivity contribution is -0.118. The van der Waals surface area contributed by atoms with Gasteiger partial charge >= 0.3 is 0 Å². The summed E-state index contributed by atoms with van der Waals surface area (Å²) in [5, 5.41) is 14.5. The van der Waals surface area contributed by atoms with Crippen molar-refractivity contribution < 1.29 is 9.53 Å². The van der Waals surface area contributed by atoms with Crippen molar-refractivity contribution in [2.75, 3.05) is 12.9 Å². The molecule has 10 heteroatoms. The van der Waals surface area contributed by atoms with Crippen molar-refractivity contribution in [1.29, 1.82) is 0 Å². The van der Waals surface area contributed by atoms with E-state index in [0.29, 0.717) is 21.0 Å². The molecule has 1 amide bonds. The van der Waals surface area contributed by atoms with Crippen LogP contribution in [0.4, 0.5) is 0 Å². The number of rotatable bonds is 8. The number of nitrogens with zero attached hydrogens (tertiary/aromatic N) is 4. The molecule has 0 saturated heterocycles. The van der Waals surface area contributed by atoms with Gasteiger partial charge in [-0.2, -0.15) is 5.10 Å². The van der Waals surface area contributed by atoms with Crippen LogP contribution in [0.2, 0.25) is 10.0 Å². The van der Waals surface area contributed by atoms with Crippen LogP contribution in [0, 0.1) is 0 Å². The summed E-state index contributed by atoms with van der Waals surface area (Å²) in [5.41, 5.74) is 5.02. The van der Waals surface area contributed by atoms with Crippen LogP contribution < -0.4 is 10.2 Å². The third-order valence-electron chi connectivity index (χ3n) is 4.67. The molecule has 34 heavy (non-hydrogen) atoms. The van der Waals surface area contributed by atoms with Gasteiger partial charge in [0, 0.05) is 21.3 Å². The SMILES string of the molecule is COc1ccc(-c2nnc(SCC(=O)N/N=C/c3ccc(Cl)cc3)n2-c2ccc(Cl)cc2)cc1. The van der Waals surface area contributed by atoms with Gasteiger partial charge in [-0.3, -0.25) is 9.36 Å². The first-order valence-electron chi connectivity index (χ1n) is 10.1. The first-order valence-corrected chi connectivity index (χ1v) is 11.8. The maximum atomic E-state index is 12.3. The quantitative estimate of drug-likeness (QED) is 0.192. The highest BCUT2D eigenvalue weighted by atomic mass is 35.5. The second kappa shape index (κ2) is 11.2. The molecule has 0 spiro atoms. The first kappa shape index (κ1) is 23.8. The molecule has 0 bridgehead atoms. The Balaban J connectivity index is 1.51. The van der Waals surface area contributed by atoms with Crippen molar-refractivity contribution in [3.63, 3.8) is 0 Å². The molecule has 172 valence electrons. The lowest BCUT2D eigenvalue weighted by Crippen LogP contribution is -2.20. The average Bonchev–Trinajstić information content (AvgIpc) is 3.28. The molecule has 0 aliphatic rings. The van der Waals surface area contributed by atoms with E-state index in [0.717, 1.165) is 22.6 Å². The lowest BCUT2D eigenvalue weighted by Gasteiger charge is -2.11. The molecular weight excluding hydrogens is 493 g/mol. The molecule has 0 unspecified atom stereocenters. The van der Waals surface area contributed by atoms with Crippen LogP contribution in [0.25, 0.3) is 17.1 Å². The molecule has 0 saturated carbocycles. The molecule has 1 N–H and O–H groups in total. The summed E-state index contributed by atoms with van der Waals surface area (Å²) in [5.74, 6) is 1.21. The molecule has 0 aliphatic heterocycles. The van der Waals surface area contributed by atoms with Crippen molar-refractivity contribution in [2.45, 2.75) is 5.16 Å². The number of halogens is 2. The van der Waals surface area contributed by atoms with E-state index >= 15 is 0 Å². The van der Waals surface area contributed by atoms with E-state index in [2.05, 4.69) is 20.7 Å². The predicted octanol–water partition coefficient (Wildman–Crippen LogP) is 5.49. The van der Waals surface area contributed by atoms with Gasteiger partial charge in [0.1, 0.15) is 5.75 Å². The smallest absolute Gasteiger partial charge is 0.250 e. The number of nitrogens with one attached hydrogen (secondary N) is 1. The molecule has 7 nitrogen and oxygen atoms in total. The summed E-state index contributed by atoms with van der Waals surface area (Å²) < 4.78 is 7.13. The molecular formula is C24H19Cl2N5O2S. The molecule has 0 radical (unpaired) electrons. The van der Waals surface area contributed by atoms with Gasteiger partial charge < -0.3 is 4.74 Å². The third kappa shape index (κ3) is 5.96. The summed E-state index contributed by atoms with van der Waals surface area (Å²) in [7, 11) is 1.62. The average molecular weight is 512 g/mol. The van der Waals surface area contributed by atoms with Crippen molar-refractivity contribution in [3.8, 4) is 22.8 Å². The van der Waals surface area contributed by atoms with Crippen LogP contribution in [0.1, 0.15) is 5.56 Å². The molecule has 0 fully saturated rings. The summed E-state index contributed by atoms with van der Waals surface area (Å²) in [6.07, 6.45) is 1.55. The van der Waals surface area contributed by atoms with Gasteiger partial charge in [0.25, 0.3) is 5.91 Å². The topological polar surface area (TPSA) is 81.4 Å². The lowest BCUT2D eigenvalue weighted by atomic mass is 10.2. The van der Waals surface area contributed by atoms with E-state index in [1.54, 1.807) is 37.6 Å². The van der Waals surface area contributed by atoms with Gasteiger partial charge in [0.2, 0.25) is 0 Å². The molecule has 0 aliphatic carbocycles. The van der Waals surface area contributed by atoms with E-state index in [-0.39, 0.29) is 11.7 Å². The van der Waals surface area contributed by atoms with E-state index in [9.17, 15) is 4.79 Å².